The largest absolute Gasteiger partial charge is 0.445 e. The Kier molecular flexibility index (Phi) is 8.75. The van der Waals surface area contributed by atoms with Crippen molar-refractivity contribution in [2.45, 2.75) is 57.4 Å². The van der Waals surface area contributed by atoms with Crippen LogP contribution in [0.5, 0.6) is 0 Å². The van der Waals surface area contributed by atoms with Gasteiger partial charge in [0, 0.05) is 13.6 Å². The average molecular weight is 413 g/mol. The molecule has 0 radical (unpaired) electrons. The first kappa shape index (κ1) is 24.2. The molecule has 0 unspecified atom stereocenters. The molecular weight excluding hydrogens is 376 g/mol. The SMILES string of the molecule is C=CCOC(=O)N(C)[C@H]1C[C@@H](CO[Si](C)(C)C(C)(C)C)N(C(=O)OCC=C)C1. The van der Waals surface area contributed by atoms with Gasteiger partial charge in [-0.2, -0.15) is 0 Å². The minimum absolute atomic E-state index is 0.0739. The van der Waals surface area contributed by atoms with Gasteiger partial charge in [-0.05, 0) is 24.6 Å². The summed E-state index contributed by atoms with van der Waals surface area (Å²) >= 11 is 0. The first-order valence-corrected chi connectivity index (χ1v) is 12.5. The normalized spacial score (nSPS) is 19.9. The lowest BCUT2D eigenvalue weighted by atomic mass is 10.1. The van der Waals surface area contributed by atoms with Gasteiger partial charge in [-0.25, -0.2) is 9.59 Å². The van der Waals surface area contributed by atoms with Crippen molar-refractivity contribution in [3.05, 3.63) is 25.3 Å². The van der Waals surface area contributed by atoms with Crippen LogP contribution in [0.1, 0.15) is 27.2 Å². The van der Waals surface area contributed by atoms with Crippen LogP contribution >= 0.6 is 0 Å². The van der Waals surface area contributed by atoms with Crippen LogP contribution in [0.4, 0.5) is 9.59 Å². The molecule has 0 bridgehead atoms. The molecule has 0 spiro atoms. The molecule has 1 fully saturated rings. The van der Waals surface area contributed by atoms with Crippen molar-refractivity contribution in [2.24, 2.45) is 0 Å². The van der Waals surface area contributed by atoms with Crippen molar-refractivity contribution >= 4 is 20.5 Å². The van der Waals surface area contributed by atoms with E-state index in [0.29, 0.717) is 19.6 Å². The van der Waals surface area contributed by atoms with Crippen molar-refractivity contribution in [3.63, 3.8) is 0 Å². The maximum absolute atomic E-state index is 12.5. The number of rotatable bonds is 8. The van der Waals surface area contributed by atoms with Crippen LogP contribution < -0.4 is 0 Å². The number of ether oxygens (including phenoxy) is 2. The van der Waals surface area contributed by atoms with E-state index in [-0.39, 0.29) is 30.3 Å². The average Bonchev–Trinajstić information content (AvgIpc) is 3.05. The molecule has 2 atom stereocenters. The van der Waals surface area contributed by atoms with Gasteiger partial charge >= 0.3 is 12.2 Å². The zero-order valence-electron chi connectivity index (χ0n) is 18.2. The molecule has 0 aromatic carbocycles. The standard InChI is InChI=1S/C20H36N2O5Si/c1-9-11-25-18(23)21(6)16-13-17(15-27-28(7,8)20(3,4)5)22(14-16)19(24)26-12-10-2/h9-10,16-17H,1-2,11-15H2,3-8H3/t16-,17-/m0/s1. The Labute approximate surface area is 170 Å². The Morgan fingerprint density at radius 1 is 1.18 bits per heavy atom. The second kappa shape index (κ2) is 10.1. The van der Waals surface area contributed by atoms with Crippen molar-refractivity contribution < 1.29 is 23.5 Å². The van der Waals surface area contributed by atoms with Crippen LogP contribution in [-0.2, 0) is 13.9 Å². The number of amides is 2. The van der Waals surface area contributed by atoms with Crippen LogP contribution in [-0.4, -0.2) is 75.8 Å². The highest BCUT2D eigenvalue weighted by Crippen LogP contribution is 2.37. The molecule has 8 heteroatoms. The quantitative estimate of drug-likeness (QED) is 0.445. The maximum Gasteiger partial charge on any atom is 0.410 e. The molecule has 28 heavy (non-hydrogen) atoms. The van der Waals surface area contributed by atoms with Crippen molar-refractivity contribution in [3.8, 4) is 0 Å². The molecule has 1 aliphatic rings. The highest BCUT2D eigenvalue weighted by atomic mass is 28.4. The van der Waals surface area contributed by atoms with E-state index >= 15 is 0 Å². The summed E-state index contributed by atoms with van der Waals surface area (Å²) in [5, 5.41) is 0.0739. The molecule has 1 aliphatic heterocycles. The summed E-state index contributed by atoms with van der Waals surface area (Å²) < 4.78 is 16.7. The summed E-state index contributed by atoms with van der Waals surface area (Å²) in [6.45, 7) is 19.1. The van der Waals surface area contributed by atoms with E-state index in [0.717, 1.165) is 0 Å². The summed E-state index contributed by atoms with van der Waals surface area (Å²) in [6, 6.07) is -0.326. The lowest BCUT2D eigenvalue weighted by Crippen LogP contribution is -2.46. The minimum atomic E-state index is -1.96. The lowest BCUT2D eigenvalue weighted by molar-refractivity contribution is 0.0904. The van der Waals surface area contributed by atoms with Gasteiger partial charge in [0.2, 0.25) is 0 Å². The third-order valence-electron chi connectivity index (χ3n) is 5.55. The third-order valence-corrected chi connectivity index (χ3v) is 10.1. The molecule has 7 nitrogen and oxygen atoms in total. The Bertz CT molecular complexity index is 573. The summed E-state index contributed by atoms with van der Waals surface area (Å²) in [5.41, 5.74) is 0. The predicted octanol–water partition coefficient (Wildman–Crippen LogP) is 4.03. The van der Waals surface area contributed by atoms with E-state index in [1.54, 1.807) is 11.9 Å². The molecule has 1 rings (SSSR count). The lowest BCUT2D eigenvalue weighted by Gasteiger charge is -2.37. The van der Waals surface area contributed by atoms with Gasteiger partial charge in [-0.15, -0.1) is 0 Å². The zero-order valence-corrected chi connectivity index (χ0v) is 19.2. The fourth-order valence-electron chi connectivity index (χ4n) is 2.67. The van der Waals surface area contributed by atoms with E-state index in [2.05, 4.69) is 47.0 Å². The number of hydrogen-bond acceptors (Lipinski definition) is 5. The monoisotopic (exact) mass is 412 g/mol. The van der Waals surface area contributed by atoms with Crippen molar-refractivity contribution in [2.75, 3.05) is 33.4 Å². The Morgan fingerprint density at radius 3 is 2.29 bits per heavy atom. The summed E-state index contributed by atoms with van der Waals surface area (Å²) in [4.78, 5) is 27.9. The van der Waals surface area contributed by atoms with Gasteiger partial charge in [0.1, 0.15) is 13.2 Å². The van der Waals surface area contributed by atoms with Crippen LogP contribution in [0.25, 0.3) is 0 Å². The van der Waals surface area contributed by atoms with Gasteiger partial charge in [0.15, 0.2) is 8.32 Å². The molecule has 160 valence electrons. The van der Waals surface area contributed by atoms with Gasteiger partial charge in [0.25, 0.3) is 0 Å². The predicted molar refractivity (Wildman–Crippen MR) is 113 cm³/mol. The number of hydrogen-bond donors (Lipinski definition) is 0. The number of carbonyl (C=O) groups is 2. The number of nitrogens with zero attached hydrogens (tertiary/aromatic N) is 2. The molecule has 1 heterocycles. The van der Waals surface area contributed by atoms with E-state index in [4.69, 9.17) is 13.9 Å². The highest BCUT2D eigenvalue weighted by molar-refractivity contribution is 6.74. The van der Waals surface area contributed by atoms with E-state index in [1.165, 1.54) is 17.1 Å². The van der Waals surface area contributed by atoms with Gasteiger partial charge in [-0.3, -0.25) is 0 Å². The van der Waals surface area contributed by atoms with Gasteiger partial charge in [0.05, 0.1) is 18.7 Å². The zero-order chi connectivity index (χ0) is 21.5. The summed E-state index contributed by atoms with van der Waals surface area (Å²) in [7, 11) is -0.281. The van der Waals surface area contributed by atoms with Crippen LogP contribution in [0.3, 0.4) is 0 Å². The third kappa shape index (κ3) is 6.37. The molecule has 0 saturated carbocycles. The fraction of sp³-hybridized carbons (Fsp3) is 0.700. The Hall–Kier alpha value is -1.80. The molecule has 1 saturated heterocycles. The first-order valence-electron chi connectivity index (χ1n) is 9.63. The summed E-state index contributed by atoms with van der Waals surface area (Å²) in [6.07, 6.45) is 2.81. The van der Waals surface area contributed by atoms with Crippen molar-refractivity contribution in [1.82, 2.24) is 9.80 Å². The maximum atomic E-state index is 12.5. The number of carbonyl (C=O) groups excluding carboxylic acids is 2. The second-order valence-corrected chi connectivity index (χ2v) is 13.4. The van der Waals surface area contributed by atoms with Crippen LogP contribution in [0, 0.1) is 0 Å². The highest BCUT2D eigenvalue weighted by Gasteiger charge is 2.43. The molecule has 0 aromatic heterocycles. The molecule has 0 N–H and O–H groups in total. The van der Waals surface area contributed by atoms with Gasteiger partial charge < -0.3 is 23.7 Å². The molecule has 2 amide bonds. The number of likely N-dealkylation sites (N-methyl/N-ethyl adjacent to an activating group) is 1. The van der Waals surface area contributed by atoms with Gasteiger partial charge in [-0.1, -0.05) is 46.1 Å². The molecule has 0 aliphatic carbocycles. The Balaban J connectivity index is 2.87. The van der Waals surface area contributed by atoms with Crippen molar-refractivity contribution in [1.29, 1.82) is 0 Å². The van der Waals surface area contributed by atoms with Crippen LogP contribution in [0.2, 0.25) is 18.1 Å². The van der Waals surface area contributed by atoms with Crippen LogP contribution in [0.15, 0.2) is 25.3 Å². The second-order valence-electron chi connectivity index (χ2n) is 8.61. The van der Waals surface area contributed by atoms with E-state index in [1.807, 2.05) is 0 Å². The minimum Gasteiger partial charge on any atom is -0.445 e. The Morgan fingerprint density at radius 2 is 1.75 bits per heavy atom. The van der Waals surface area contributed by atoms with E-state index in [9.17, 15) is 9.59 Å². The van der Waals surface area contributed by atoms with E-state index < -0.39 is 20.5 Å². The topological polar surface area (TPSA) is 68.3 Å². The fourth-order valence-corrected chi connectivity index (χ4v) is 3.71. The smallest absolute Gasteiger partial charge is 0.410 e. The summed E-state index contributed by atoms with van der Waals surface area (Å²) in [5.74, 6) is 0. The first-order chi connectivity index (χ1) is 12.9. The number of likely N-dealkylation sites (tertiary alicyclic amines) is 1. The molecular formula is C20H36N2O5Si. The molecule has 0 aromatic rings.